The Balaban J connectivity index is 1.76. The monoisotopic (exact) mass is 388 g/mol. The van der Waals surface area contributed by atoms with E-state index in [0.717, 1.165) is 0 Å². The summed E-state index contributed by atoms with van der Waals surface area (Å²) in [6, 6.07) is 4.36. The summed E-state index contributed by atoms with van der Waals surface area (Å²) in [6.45, 7) is 5.72. The van der Waals surface area contributed by atoms with Crippen LogP contribution in [0.2, 0.25) is 0 Å². The molecule has 0 radical (unpaired) electrons. The van der Waals surface area contributed by atoms with Gasteiger partial charge in [0.2, 0.25) is 0 Å². The average molecular weight is 388 g/mol. The molecule has 1 atom stereocenters. The van der Waals surface area contributed by atoms with Crippen LogP contribution in [-0.4, -0.2) is 31.4 Å². The number of ether oxygens (including phenoxy) is 1. The number of rotatable bonds is 7. The first-order chi connectivity index (χ1) is 13.4. The molecule has 3 aromatic rings. The Morgan fingerprint density at radius 2 is 1.96 bits per heavy atom. The maximum Gasteiger partial charge on any atom is 0.419 e. The molecule has 0 saturated carbocycles. The quantitative estimate of drug-likeness (QED) is 0.554. The zero-order valence-electron chi connectivity index (χ0n) is 15.5. The van der Waals surface area contributed by atoms with Crippen LogP contribution in [0.4, 0.5) is 5.95 Å². The number of aromatic hydroxyl groups is 2. The van der Waals surface area contributed by atoms with Gasteiger partial charge in [-0.15, -0.1) is 4.98 Å². The van der Waals surface area contributed by atoms with Crippen LogP contribution in [0, 0.1) is 0 Å². The Hall–Kier alpha value is -3.56. The second-order valence-corrected chi connectivity index (χ2v) is 6.36. The number of hydrogen-bond donors (Lipinski definition) is 3. The van der Waals surface area contributed by atoms with E-state index in [2.05, 4.69) is 25.1 Å². The van der Waals surface area contributed by atoms with Crippen molar-refractivity contribution < 1.29 is 28.8 Å². The van der Waals surface area contributed by atoms with Crippen LogP contribution in [-0.2, 0) is 0 Å². The fraction of sp³-hybridized carbons (Fsp3) is 0.333. The molecule has 0 bridgehead atoms. The average Bonchev–Trinajstić information content (AvgIpc) is 3.32. The zero-order valence-corrected chi connectivity index (χ0v) is 15.5. The lowest BCUT2D eigenvalue weighted by molar-refractivity contribution is 0.101. The topological polar surface area (TPSA) is 144 Å². The smallest absolute Gasteiger partial charge is 0.419 e. The van der Waals surface area contributed by atoms with E-state index in [1.807, 2.05) is 20.8 Å². The molecule has 28 heavy (non-hydrogen) atoms. The maximum atomic E-state index is 11.9. The van der Waals surface area contributed by atoms with Gasteiger partial charge in [0.1, 0.15) is 23.9 Å². The fourth-order valence-corrected chi connectivity index (χ4v) is 2.62. The highest BCUT2D eigenvalue weighted by Gasteiger charge is 2.22. The van der Waals surface area contributed by atoms with Crippen molar-refractivity contribution >= 4 is 11.9 Å². The molecule has 0 aliphatic carbocycles. The molecule has 2 aromatic heterocycles. The Bertz CT molecular complexity index is 951. The molecule has 10 heteroatoms. The third-order valence-electron chi connectivity index (χ3n) is 4.06. The number of amides is 1. The van der Waals surface area contributed by atoms with Crippen LogP contribution < -0.4 is 10.1 Å². The third kappa shape index (κ3) is 4.05. The first-order valence-corrected chi connectivity index (χ1v) is 8.66. The number of benzene rings is 1. The predicted molar refractivity (Wildman–Crippen MR) is 96.3 cm³/mol. The van der Waals surface area contributed by atoms with E-state index < -0.39 is 12.0 Å². The molecule has 3 rings (SSSR count). The molecule has 1 amide bonds. The van der Waals surface area contributed by atoms with Gasteiger partial charge in [0, 0.05) is 17.7 Å². The highest BCUT2D eigenvalue weighted by molar-refractivity contribution is 6.01. The minimum atomic E-state index is -0.599. The Labute approximate surface area is 160 Å². The minimum Gasteiger partial charge on any atom is -0.508 e. The van der Waals surface area contributed by atoms with Gasteiger partial charge in [-0.3, -0.25) is 14.6 Å². The van der Waals surface area contributed by atoms with Crippen LogP contribution in [0.1, 0.15) is 60.8 Å². The van der Waals surface area contributed by atoms with Gasteiger partial charge in [-0.05, 0) is 29.1 Å². The fourth-order valence-electron chi connectivity index (χ4n) is 2.62. The molecule has 1 unspecified atom stereocenters. The Morgan fingerprint density at radius 3 is 2.61 bits per heavy atom. The normalized spacial score (nSPS) is 12.1. The summed E-state index contributed by atoms with van der Waals surface area (Å²) >= 11 is 0. The number of nitrogens with one attached hydrogen (secondary N) is 1. The Kier molecular flexibility index (Phi) is 5.48. The van der Waals surface area contributed by atoms with Gasteiger partial charge < -0.3 is 19.5 Å². The lowest BCUT2D eigenvalue weighted by Gasteiger charge is -2.19. The van der Waals surface area contributed by atoms with Gasteiger partial charge in [0.05, 0.1) is 0 Å². The van der Waals surface area contributed by atoms with E-state index in [-0.39, 0.29) is 35.1 Å². The number of phenols is 2. The van der Waals surface area contributed by atoms with E-state index in [1.165, 1.54) is 18.4 Å². The van der Waals surface area contributed by atoms with Crippen molar-refractivity contribution in [1.82, 2.24) is 15.3 Å². The van der Waals surface area contributed by atoms with E-state index >= 15 is 0 Å². The van der Waals surface area contributed by atoms with Gasteiger partial charge in [-0.2, -0.15) is 0 Å². The molecule has 0 aliphatic rings. The number of phenolic OH excluding ortho intramolecular Hbond substituents is 2. The lowest BCUT2D eigenvalue weighted by atomic mass is 9.96. The number of carbonyl (C=O) groups is 1. The molecule has 0 spiro atoms. The summed E-state index contributed by atoms with van der Waals surface area (Å²) in [5.74, 6) is -0.699. The highest BCUT2D eigenvalue weighted by atomic mass is 16.6. The summed E-state index contributed by atoms with van der Waals surface area (Å²) in [4.78, 5) is 15.9. The zero-order chi connectivity index (χ0) is 20.3. The molecular formula is C18H20N4O6. The van der Waals surface area contributed by atoms with Crippen molar-refractivity contribution in [3.8, 4) is 17.6 Å². The molecule has 0 saturated heterocycles. The maximum absolute atomic E-state index is 11.9. The Morgan fingerprint density at radius 1 is 1.21 bits per heavy atom. The van der Waals surface area contributed by atoms with Gasteiger partial charge in [0.25, 0.3) is 11.9 Å². The second kappa shape index (κ2) is 7.99. The number of aromatic nitrogens is 3. The van der Waals surface area contributed by atoms with Gasteiger partial charge in [0.15, 0.2) is 5.69 Å². The highest BCUT2D eigenvalue weighted by Crippen LogP contribution is 2.37. The molecule has 1 aromatic carbocycles. The van der Waals surface area contributed by atoms with Crippen LogP contribution >= 0.6 is 0 Å². The van der Waals surface area contributed by atoms with Crippen LogP contribution in [0.15, 0.2) is 33.5 Å². The molecule has 2 heterocycles. The summed E-state index contributed by atoms with van der Waals surface area (Å²) in [5.41, 5.74) is 1.23. The number of anilines is 1. The molecular weight excluding hydrogens is 368 g/mol. The van der Waals surface area contributed by atoms with Gasteiger partial charge in [-0.25, -0.2) is 0 Å². The van der Waals surface area contributed by atoms with Crippen molar-refractivity contribution in [1.29, 1.82) is 0 Å². The number of hydrogen-bond acceptors (Lipinski definition) is 9. The summed E-state index contributed by atoms with van der Waals surface area (Å²) in [6.07, 6.45) is 0.971. The van der Waals surface area contributed by atoms with Crippen molar-refractivity contribution in [2.45, 2.75) is 39.2 Å². The van der Waals surface area contributed by atoms with Crippen molar-refractivity contribution in [3.05, 3.63) is 41.3 Å². The standard InChI is InChI=1S/C18H20N4O6/c1-4-15(11-7-10(9(2)3)13(23)8-14(11)24)27-18-20-17(22-28-18)19-16(25)12-5-6-26-21-12/h5-9,15,23-24H,4H2,1-3H3,(H,19,22,25). The first kappa shape index (κ1) is 19.2. The summed E-state index contributed by atoms with van der Waals surface area (Å²) in [5, 5.41) is 29.8. The van der Waals surface area contributed by atoms with Gasteiger partial charge >= 0.3 is 6.08 Å². The van der Waals surface area contributed by atoms with Crippen LogP contribution in [0.3, 0.4) is 0 Å². The number of nitrogens with zero attached hydrogens (tertiary/aromatic N) is 3. The molecule has 10 nitrogen and oxygen atoms in total. The summed E-state index contributed by atoms with van der Waals surface area (Å²) in [7, 11) is 0. The van der Waals surface area contributed by atoms with Crippen molar-refractivity contribution in [2.75, 3.05) is 5.32 Å². The van der Waals surface area contributed by atoms with Crippen molar-refractivity contribution in [3.63, 3.8) is 0 Å². The van der Waals surface area contributed by atoms with Crippen LogP contribution in [0.25, 0.3) is 0 Å². The first-order valence-electron chi connectivity index (χ1n) is 8.66. The molecule has 0 aliphatic heterocycles. The van der Waals surface area contributed by atoms with E-state index in [4.69, 9.17) is 9.26 Å². The summed E-state index contributed by atoms with van der Waals surface area (Å²) < 4.78 is 15.3. The molecule has 148 valence electrons. The lowest BCUT2D eigenvalue weighted by Crippen LogP contribution is -2.13. The minimum absolute atomic E-state index is 0.0155. The third-order valence-corrected chi connectivity index (χ3v) is 4.06. The van der Waals surface area contributed by atoms with Crippen LogP contribution in [0.5, 0.6) is 17.6 Å². The van der Waals surface area contributed by atoms with E-state index in [1.54, 1.807) is 6.07 Å². The largest absolute Gasteiger partial charge is 0.508 e. The van der Waals surface area contributed by atoms with Gasteiger partial charge in [-0.1, -0.05) is 25.9 Å². The molecule has 3 N–H and O–H groups in total. The van der Waals surface area contributed by atoms with E-state index in [9.17, 15) is 15.0 Å². The van der Waals surface area contributed by atoms with Crippen molar-refractivity contribution in [2.24, 2.45) is 0 Å². The number of carbonyl (C=O) groups excluding carboxylic acids is 1. The predicted octanol–water partition coefficient (Wildman–Crippen LogP) is 3.37. The molecule has 0 fully saturated rings. The second-order valence-electron chi connectivity index (χ2n) is 6.36. The van der Waals surface area contributed by atoms with E-state index in [0.29, 0.717) is 17.5 Å². The SMILES string of the molecule is CCC(Oc1nc(NC(=O)c2ccon2)no1)c1cc(C(C)C)c(O)cc1O.